The Kier molecular flexibility index (Phi) is 5.21. The summed E-state index contributed by atoms with van der Waals surface area (Å²) in [6, 6.07) is 9.09. The molecular formula is C15H19N3O2S. The highest BCUT2D eigenvalue weighted by molar-refractivity contribution is 7.99. The average molecular weight is 305 g/mol. The number of nitrogens with zero attached hydrogens (tertiary/aromatic N) is 2. The van der Waals surface area contributed by atoms with Gasteiger partial charge in [0, 0.05) is 17.0 Å². The molecule has 2 rings (SSSR count). The van der Waals surface area contributed by atoms with E-state index in [1.165, 1.54) is 12.1 Å². The van der Waals surface area contributed by atoms with E-state index in [0.717, 1.165) is 36.3 Å². The van der Waals surface area contributed by atoms with Crippen LogP contribution in [0.15, 0.2) is 29.2 Å². The van der Waals surface area contributed by atoms with Crippen molar-refractivity contribution in [1.82, 2.24) is 5.32 Å². The second-order valence-corrected chi connectivity index (χ2v) is 6.48. The molecule has 5 nitrogen and oxygen atoms in total. The van der Waals surface area contributed by atoms with Crippen molar-refractivity contribution < 1.29 is 4.92 Å². The third-order valence-corrected chi connectivity index (χ3v) is 5.29. The van der Waals surface area contributed by atoms with E-state index in [0.29, 0.717) is 5.92 Å². The first-order chi connectivity index (χ1) is 10.1. The molecule has 2 atom stereocenters. The minimum Gasteiger partial charge on any atom is -0.302 e. The lowest BCUT2D eigenvalue weighted by atomic mass is 9.87. The van der Waals surface area contributed by atoms with Crippen LogP contribution in [0.5, 0.6) is 0 Å². The summed E-state index contributed by atoms with van der Waals surface area (Å²) in [4.78, 5) is 11.2. The minimum atomic E-state index is -0.388. The van der Waals surface area contributed by atoms with Crippen LogP contribution in [0, 0.1) is 27.4 Å². The Balaban J connectivity index is 1.87. The number of nitrogens with one attached hydrogen (secondary N) is 1. The van der Waals surface area contributed by atoms with Crippen LogP contribution in [-0.4, -0.2) is 23.3 Å². The highest BCUT2D eigenvalue weighted by Crippen LogP contribution is 2.38. The molecule has 0 saturated heterocycles. The van der Waals surface area contributed by atoms with E-state index < -0.39 is 0 Å². The van der Waals surface area contributed by atoms with Crippen molar-refractivity contribution >= 4 is 17.4 Å². The van der Waals surface area contributed by atoms with E-state index >= 15 is 0 Å². The van der Waals surface area contributed by atoms with Crippen molar-refractivity contribution in [2.75, 3.05) is 12.8 Å². The third kappa shape index (κ3) is 3.55. The van der Waals surface area contributed by atoms with Gasteiger partial charge in [-0.2, -0.15) is 5.26 Å². The molecule has 0 aromatic heterocycles. The van der Waals surface area contributed by atoms with Gasteiger partial charge >= 0.3 is 0 Å². The number of hydrogen-bond acceptors (Lipinski definition) is 5. The fraction of sp³-hybridized carbons (Fsp3) is 0.533. The molecule has 0 bridgehead atoms. The van der Waals surface area contributed by atoms with Crippen LogP contribution in [0.25, 0.3) is 0 Å². The summed E-state index contributed by atoms with van der Waals surface area (Å²) in [6.45, 7) is 0. The zero-order valence-electron chi connectivity index (χ0n) is 12.0. The second kappa shape index (κ2) is 6.92. The summed E-state index contributed by atoms with van der Waals surface area (Å²) in [5.74, 6) is 1.31. The number of non-ortho nitro benzene ring substituents is 1. The first-order valence-corrected chi connectivity index (χ1v) is 8.07. The molecule has 2 unspecified atom stereocenters. The highest BCUT2D eigenvalue weighted by atomic mass is 32.2. The summed E-state index contributed by atoms with van der Waals surface area (Å²) in [6.07, 6.45) is 4.10. The van der Waals surface area contributed by atoms with Crippen LogP contribution < -0.4 is 5.32 Å². The Hall–Kier alpha value is -1.58. The molecule has 1 aliphatic rings. The van der Waals surface area contributed by atoms with Crippen LogP contribution in [0.3, 0.4) is 0 Å². The molecular weight excluding hydrogens is 286 g/mol. The summed E-state index contributed by atoms with van der Waals surface area (Å²) >= 11 is 1.69. The van der Waals surface area contributed by atoms with Crippen molar-refractivity contribution in [2.24, 2.45) is 5.92 Å². The Morgan fingerprint density at radius 1 is 1.52 bits per heavy atom. The summed E-state index contributed by atoms with van der Waals surface area (Å²) < 4.78 is 0. The summed E-state index contributed by atoms with van der Waals surface area (Å²) in [5, 5.41) is 23.2. The molecule has 1 aliphatic carbocycles. The number of hydrogen-bond donors (Lipinski definition) is 1. The molecule has 0 heterocycles. The molecule has 112 valence electrons. The van der Waals surface area contributed by atoms with Crippen molar-refractivity contribution in [3.05, 3.63) is 34.4 Å². The van der Waals surface area contributed by atoms with Gasteiger partial charge in [0.1, 0.15) is 5.54 Å². The maximum atomic E-state index is 10.6. The Morgan fingerprint density at radius 2 is 2.24 bits per heavy atom. The van der Waals surface area contributed by atoms with E-state index in [9.17, 15) is 15.4 Å². The number of thioether (sulfide) groups is 1. The van der Waals surface area contributed by atoms with Gasteiger partial charge in [0.15, 0.2) is 0 Å². The number of benzene rings is 1. The molecule has 1 fully saturated rings. The zero-order valence-corrected chi connectivity index (χ0v) is 12.9. The predicted molar refractivity (Wildman–Crippen MR) is 83.2 cm³/mol. The smallest absolute Gasteiger partial charge is 0.269 e. The van der Waals surface area contributed by atoms with Gasteiger partial charge < -0.3 is 5.32 Å². The van der Waals surface area contributed by atoms with E-state index in [1.807, 2.05) is 7.05 Å². The molecule has 1 N–H and O–H groups in total. The molecule has 6 heteroatoms. The Bertz CT molecular complexity index is 541. The monoisotopic (exact) mass is 305 g/mol. The van der Waals surface area contributed by atoms with Crippen molar-refractivity contribution in [2.45, 2.75) is 36.1 Å². The predicted octanol–water partition coefficient (Wildman–Crippen LogP) is 3.36. The van der Waals surface area contributed by atoms with Crippen LogP contribution in [0.1, 0.15) is 25.7 Å². The molecule has 1 aromatic rings. The topological polar surface area (TPSA) is 79.0 Å². The van der Waals surface area contributed by atoms with Crippen LogP contribution in [0.4, 0.5) is 5.69 Å². The largest absolute Gasteiger partial charge is 0.302 e. The lowest BCUT2D eigenvalue weighted by Gasteiger charge is -2.28. The second-order valence-electron chi connectivity index (χ2n) is 5.31. The molecule has 0 radical (unpaired) electrons. The van der Waals surface area contributed by atoms with Gasteiger partial charge in [-0.3, -0.25) is 10.1 Å². The maximum absolute atomic E-state index is 10.6. The number of nitriles is 1. The quantitative estimate of drug-likeness (QED) is 0.495. The van der Waals surface area contributed by atoms with Crippen molar-refractivity contribution in [1.29, 1.82) is 5.26 Å². The number of nitro groups is 1. The van der Waals surface area contributed by atoms with Gasteiger partial charge in [-0.05, 0) is 50.1 Å². The molecule has 0 amide bonds. The van der Waals surface area contributed by atoms with Gasteiger partial charge in [0.05, 0.1) is 11.0 Å². The summed E-state index contributed by atoms with van der Waals surface area (Å²) in [5.41, 5.74) is -0.246. The third-order valence-electron chi connectivity index (χ3n) is 4.25. The van der Waals surface area contributed by atoms with Crippen LogP contribution >= 0.6 is 11.8 Å². The summed E-state index contributed by atoms with van der Waals surface area (Å²) in [7, 11) is 1.87. The standard InChI is InChI=1S/C15H19N3O2S/c1-17-15(11-16)9-2-3-12(15)8-10-21-14-6-4-13(5-7-14)18(19)20/h4-7,12,17H,2-3,8-10H2,1H3. The Labute approximate surface area is 128 Å². The molecule has 0 aliphatic heterocycles. The molecule has 1 saturated carbocycles. The van der Waals surface area contributed by atoms with E-state index in [-0.39, 0.29) is 16.1 Å². The first-order valence-electron chi connectivity index (χ1n) is 7.09. The Morgan fingerprint density at radius 3 is 2.81 bits per heavy atom. The van der Waals surface area contributed by atoms with Crippen molar-refractivity contribution in [3.63, 3.8) is 0 Å². The van der Waals surface area contributed by atoms with Gasteiger partial charge in [-0.1, -0.05) is 6.42 Å². The van der Waals surface area contributed by atoms with Crippen molar-refractivity contribution in [3.8, 4) is 6.07 Å². The van der Waals surface area contributed by atoms with Crippen LogP contribution in [-0.2, 0) is 0 Å². The molecule has 21 heavy (non-hydrogen) atoms. The van der Waals surface area contributed by atoms with Gasteiger partial charge in [-0.15, -0.1) is 11.8 Å². The average Bonchev–Trinajstić information content (AvgIpc) is 2.91. The normalized spacial score (nSPS) is 24.7. The van der Waals surface area contributed by atoms with Gasteiger partial charge in [0.2, 0.25) is 0 Å². The lowest BCUT2D eigenvalue weighted by molar-refractivity contribution is -0.384. The number of nitro benzene ring substituents is 1. The lowest BCUT2D eigenvalue weighted by Crippen LogP contribution is -2.44. The maximum Gasteiger partial charge on any atom is 0.269 e. The highest BCUT2D eigenvalue weighted by Gasteiger charge is 2.41. The van der Waals surface area contributed by atoms with Gasteiger partial charge in [0.25, 0.3) is 5.69 Å². The minimum absolute atomic E-state index is 0.119. The fourth-order valence-corrected chi connectivity index (χ4v) is 3.95. The molecule has 1 aromatic carbocycles. The van der Waals surface area contributed by atoms with Crippen LogP contribution in [0.2, 0.25) is 0 Å². The number of rotatable bonds is 6. The first kappa shape index (κ1) is 15.8. The zero-order chi connectivity index (χ0) is 15.3. The van der Waals surface area contributed by atoms with E-state index in [1.54, 1.807) is 23.9 Å². The SMILES string of the molecule is CNC1(C#N)CCCC1CCSc1ccc([N+](=O)[O-])cc1. The van der Waals surface area contributed by atoms with E-state index in [4.69, 9.17) is 0 Å². The van der Waals surface area contributed by atoms with Gasteiger partial charge in [-0.25, -0.2) is 0 Å². The fourth-order valence-electron chi connectivity index (χ4n) is 2.98. The van der Waals surface area contributed by atoms with E-state index in [2.05, 4.69) is 11.4 Å². The molecule has 0 spiro atoms.